The minimum absolute atomic E-state index is 0.0279. The highest BCUT2D eigenvalue weighted by atomic mass is 32.2. The van der Waals surface area contributed by atoms with Crippen molar-refractivity contribution >= 4 is 27.0 Å². The number of sulfonamides is 1. The number of nitrogens with two attached hydrogens (primary N) is 1. The second-order valence-electron chi connectivity index (χ2n) is 4.62. The smallest absolute Gasteiger partial charge is 0.321 e. The summed E-state index contributed by atoms with van der Waals surface area (Å²) in [6.45, 7) is -0.0279. The van der Waals surface area contributed by atoms with Crippen LogP contribution in [0.15, 0.2) is 24.3 Å². The molecule has 0 bridgehead atoms. The fraction of sp³-hybridized carbons (Fsp3) is 0.333. The van der Waals surface area contributed by atoms with Crippen LogP contribution in [0.1, 0.15) is 5.82 Å². The number of hydrogen-bond donors (Lipinski definition) is 3. The summed E-state index contributed by atoms with van der Waals surface area (Å²) < 4.78 is 27.6. The SMILES string of the molecule is Cn1c(CNS(=O)(=O)C[C@H](N)C(=O)O)nc2ccccc21. The van der Waals surface area contributed by atoms with E-state index >= 15 is 0 Å². The fourth-order valence-corrected chi connectivity index (χ4v) is 2.98. The van der Waals surface area contributed by atoms with E-state index in [-0.39, 0.29) is 6.54 Å². The minimum atomic E-state index is -3.79. The molecule has 0 saturated carbocycles. The van der Waals surface area contributed by atoms with Gasteiger partial charge >= 0.3 is 5.97 Å². The fourth-order valence-electron chi connectivity index (χ4n) is 1.89. The normalized spacial score (nSPS) is 13.4. The molecule has 0 unspecified atom stereocenters. The van der Waals surface area contributed by atoms with Crippen LogP contribution in [0.2, 0.25) is 0 Å². The second kappa shape index (κ2) is 5.80. The van der Waals surface area contributed by atoms with Gasteiger partial charge in [0.1, 0.15) is 11.9 Å². The van der Waals surface area contributed by atoms with Crippen molar-refractivity contribution in [3.8, 4) is 0 Å². The minimum Gasteiger partial charge on any atom is -0.480 e. The number of carboxylic acids is 1. The highest BCUT2D eigenvalue weighted by molar-refractivity contribution is 7.89. The number of carbonyl (C=O) groups is 1. The predicted octanol–water partition coefficient (Wildman–Crippen LogP) is -0.595. The molecular weight excluding hydrogens is 296 g/mol. The van der Waals surface area contributed by atoms with Crippen LogP contribution < -0.4 is 10.5 Å². The third-order valence-corrected chi connectivity index (χ3v) is 4.43. The Balaban J connectivity index is 2.11. The number of hydrogen-bond acceptors (Lipinski definition) is 5. The van der Waals surface area contributed by atoms with E-state index in [1.807, 2.05) is 24.3 Å². The van der Waals surface area contributed by atoms with Crippen LogP contribution in [0.4, 0.5) is 0 Å². The predicted molar refractivity (Wildman–Crippen MR) is 77.0 cm³/mol. The molecule has 0 aliphatic heterocycles. The van der Waals surface area contributed by atoms with E-state index in [1.165, 1.54) is 0 Å². The number of aromatic nitrogens is 2. The van der Waals surface area contributed by atoms with Gasteiger partial charge in [0.05, 0.1) is 23.3 Å². The lowest BCUT2D eigenvalue weighted by Crippen LogP contribution is -2.41. The van der Waals surface area contributed by atoms with E-state index in [1.54, 1.807) is 11.6 Å². The van der Waals surface area contributed by atoms with Crippen molar-refractivity contribution < 1.29 is 18.3 Å². The molecule has 114 valence electrons. The van der Waals surface area contributed by atoms with Crippen molar-refractivity contribution in [3.63, 3.8) is 0 Å². The average molecular weight is 312 g/mol. The number of fused-ring (bicyclic) bond motifs is 1. The lowest BCUT2D eigenvalue weighted by molar-refractivity contribution is -0.137. The number of benzene rings is 1. The summed E-state index contributed by atoms with van der Waals surface area (Å²) in [5.41, 5.74) is 6.87. The molecular formula is C12H16N4O4S. The summed E-state index contributed by atoms with van der Waals surface area (Å²) in [7, 11) is -2.01. The van der Waals surface area contributed by atoms with E-state index in [9.17, 15) is 13.2 Å². The number of aryl methyl sites for hydroxylation is 1. The Labute approximate surface area is 121 Å². The van der Waals surface area contributed by atoms with Crippen molar-refractivity contribution in [2.45, 2.75) is 12.6 Å². The molecule has 4 N–H and O–H groups in total. The Hall–Kier alpha value is -1.97. The van der Waals surface area contributed by atoms with Crippen LogP contribution in [-0.2, 0) is 28.4 Å². The van der Waals surface area contributed by atoms with Crippen molar-refractivity contribution in [2.24, 2.45) is 12.8 Å². The van der Waals surface area contributed by atoms with Crippen molar-refractivity contribution in [3.05, 3.63) is 30.1 Å². The zero-order valence-corrected chi connectivity index (χ0v) is 12.2. The maximum Gasteiger partial charge on any atom is 0.321 e. The Bertz CT molecular complexity index is 769. The Morgan fingerprint density at radius 3 is 2.76 bits per heavy atom. The van der Waals surface area contributed by atoms with Crippen molar-refractivity contribution in [2.75, 3.05) is 5.75 Å². The first-order chi connectivity index (χ1) is 9.80. The molecule has 1 aromatic carbocycles. The molecule has 8 nitrogen and oxygen atoms in total. The lowest BCUT2D eigenvalue weighted by Gasteiger charge is -2.09. The highest BCUT2D eigenvalue weighted by Crippen LogP contribution is 2.14. The molecule has 9 heteroatoms. The highest BCUT2D eigenvalue weighted by Gasteiger charge is 2.21. The summed E-state index contributed by atoms with van der Waals surface area (Å²) in [5, 5.41) is 8.64. The van der Waals surface area contributed by atoms with Gasteiger partial charge in [0.15, 0.2) is 0 Å². The molecule has 0 amide bonds. The summed E-state index contributed by atoms with van der Waals surface area (Å²) in [6.07, 6.45) is 0. The van der Waals surface area contributed by atoms with Gasteiger partial charge in [0, 0.05) is 7.05 Å². The van der Waals surface area contributed by atoms with Gasteiger partial charge in [0.2, 0.25) is 10.0 Å². The largest absolute Gasteiger partial charge is 0.480 e. The monoisotopic (exact) mass is 312 g/mol. The van der Waals surface area contributed by atoms with E-state index < -0.39 is 27.8 Å². The van der Waals surface area contributed by atoms with Crippen molar-refractivity contribution in [1.29, 1.82) is 0 Å². The number of carboxylic acid groups (broad SMARTS) is 1. The van der Waals surface area contributed by atoms with Gasteiger partial charge in [-0.25, -0.2) is 18.1 Å². The Morgan fingerprint density at radius 2 is 2.14 bits per heavy atom. The topological polar surface area (TPSA) is 127 Å². The first kappa shape index (κ1) is 15.4. The molecule has 1 aromatic heterocycles. The number of para-hydroxylation sites is 2. The zero-order valence-electron chi connectivity index (χ0n) is 11.4. The second-order valence-corrected chi connectivity index (χ2v) is 6.47. The van der Waals surface area contributed by atoms with Gasteiger partial charge in [-0.15, -0.1) is 0 Å². The van der Waals surface area contributed by atoms with Crippen LogP contribution in [0.25, 0.3) is 11.0 Å². The first-order valence-electron chi connectivity index (χ1n) is 6.16. The number of nitrogens with one attached hydrogen (secondary N) is 1. The molecule has 2 rings (SSSR count). The van der Waals surface area contributed by atoms with Gasteiger partial charge in [-0.05, 0) is 12.1 Å². The van der Waals surface area contributed by atoms with E-state index in [0.29, 0.717) is 5.82 Å². The van der Waals surface area contributed by atoms with Crippen LogP contribution >= 0.6 is 0 Å². The molecule has 1 heterocycles. The van der Waals surface area contributed by atoms with E-state index in [4.69, 9.17) is 10.8 Å². The van der Waals surface area contributed by atoms with Gasteiger partial charge in [-0.2, -0.15) is 0 Å². The van der Waals surface area contributed by atoms with Crippen LogP contribution in [0.3, 0.4) is 0 Å². The van der Waals surface area contributed by atoms with E-state index in [2.05, 4.69) is 9.71 Å². The van der Waals surface area contributed by atoms with Gasteiger partial charge in [0.25, 0.3) is 0 Å². The molecule has 0 saturated heterocycles. The molecule has 2 aromatic rings. The van der Waals surface area contributed by atoms with Crippen LogP contribution in [0.5, 0.6) is 0 Å². The number of aliphatic carboxylic acids is 1. The molecule has 0 radical (unpaired) electrons. The molecule has 21 heavy (non-hydrogen) atoms. The molecule has 0 aliphatic rings. The molecule has 0 aliphatic carbocycles. The third-order valence-electron chi connectivity index (χ3n) is 3.05. The lowest BCUT2D eigenvalue weighted by atomic mass is 10.3. The third kappa shape index (κ3) is 3.57. The summed E-state index contributed by atoms with van der Waals surface area (Å²) in [5.74, 6) is -1.50. The Kier molecular flexibility index (Phi) is 4.26. The number of rotatable bonds is 6. The van der Waals surface area contributed by atoms with Crippen LogP contribution in [0, 0.1) is 0 Å². The van der Waals surface area contributed by atoms with Gasteiger partial charge in [-0.1, -0.05) is 12.1 Å². The maximum absolute atomic E-state index is 11.8. The molecule has 0 fully saturated rings. The summed E-state index contributed by atoms with van der Waals surface area (Å²) in [4.78, 5) is 14.9. The maximum atomic E-state index is 11.8. The molecule has 0 spiro atoms. The number of nitrogens with zero attached hydrogens (tertiary/aromatic N) is 2. The Morgan fingerprint density at radius 1 is 1.48 bits per heavy atom. The summed E-state index contributed by atoms with van der Waals surface area (Å²) >= 11 is 0. The molecule has 1 atom stereocenters. The zero-order chi connectivity index (χ0) is 15.6. The van der Waals surface area contributed by atoms with Gasteiger partial charge < -0.3 is 15.4 Å². The number of imidazole rings is 1. The standard InChI is InChI=1S/C12H16N4O4S/c1-16-10-5-3-2-4-9(10)15-11(16)6-14-21(19,20)7-8(13)12(17)18/h2-5,8,14H,6-7,13H2,1H3,(H,17,18)/t8-/m0/s1. The summed E-state index contributed by atoms with van der Waals surface area (Å²) in [6, 6.07) is 5.95. The van der Waals surface area contributed by atoms with Crippen LogP contribution in [-0.4, -0.2) is 40.8 Å². The van der Waals surface area contributed by atoms with Crippen molar-refractivity contribution in [1.82, 2.24) is 14.3 Å². The van der Waals surface area contributed by atoms with E-state index in [0.717, 1.165) is 11.0 Å². The average Bonchev–Trinajstić information content (AvgIpc) is 2.73. The van der Waals surface area contributed by atoms with Gasteiger partial charge in [-0.3, -0.25) is 4.79 Å². The first-order valence-corrected chi connectivity index (χ1v) is 7.81. The quantitative estimate of drug-likeness (QED) is 0.654.